The van der Waals surface area contributed by atoms with Crippen LogP contribution < -0.4 is 5.32 Å². The van der Waals surface area contributed by atoms with E-state index in [1.807, 2.05) is 36.4 Å². The normalized spacial score (nSPS) is 11.4. The number of nitrogens with zero attached hydrogens (tertiary/aromatic N) is 3. The molecule has 8 heteroatoms. The number of nitro benzene ring substituents is 1. The van der Waals surface area contributed by atoms with Crippen LogP contribution in [0, 0.1) is 10.1 Å². The largest absolute Gasteiger partial charge is 0.396 e. The Morgan fingerprint density at radius 1 is 0.933 bits per heavy atom. The quantitative estimate of drug-likeness (QED) is 0.232. The lowest BCUT2D eigenvalue weighted by Crippen LogP contribution is -1.91. The van der Waals surface area contributed by atoms with Crippen molar-refractivity contribution in [2.45, 2.75) is 6.42 Å². The van der Waals surface area contributed by atoms with Gasteiger partial charge in [0, 0.05) is 35.2 Å². The predicted molar refractivity (Wildman–Crippen MR) is 120 cm³/mol. The van der Waals surface area contributed by atoms with Crippen LogP contribution in [0.4, 0.5) is 16.5 Å². The number of thiazole rings is 1. The maximum absolute atomic E-state index is 11.0. The number of hydrogen-bond acceptors (Lipinski definition) is 7. The maximum atomic E-state index is 11.0. The van der Waals surface area contributed by atoms with Gasteiger partial charge in [-0.05, 0) is 48.4 Å². The highest BCUT2D eigenvalue weighted by atomic mass is 32.1. The lowest BCUT2D eigenvalue weighted by Gasteiger charge is -2.06. The van der Waals surface area contributed by atoms with E-state index in [0.717, 1.165) is 42.9 Å². The van der Waals surface area contributed by atoms with Crippen molar-refractivity contribution in [2.24, 2.45) is 0 Å². The van der Waals surface area contributed by atoms with E-state index >= 15 is 0 Å². The van der Waals surface area contributed by atoms with E-state index in [1.165, 1.54) is 6.07 Å². The molecule has 0 spiro atoms. The summed E-state index contributed by atoms with van der Waals surface area (Å²) in [6, 6.07) is 18.4. The third-order valence-electron chi connectivity index (χ3n) is 4.91. The predicted octanol–water partition coefficient (Wildman–Crippen LogP) is 5.18. The smallest absolute Gasteiger partial charge is 0.270 e. The van der Waals surface area contributed by atoms with E-state index in [4.69, 9.17) is 5.11 Å². The molecule has 0 saturated heterocycles. The Kier molecular flexibility index (Phi) is 4.50. The molecule has 0 aliphatic heterocycles. The van der Waals surface area contributed by atoms with E-state index in [0.29, 0.717) is 11.9 Å². The highest BCUT2D eigenvalue weighted by Crippen LogP contribution is 2.31. The molecular weight excluding hydrogens is 400 g/mol. The molecule has 2 N–H and O–H groups in total. The molecule has 0 unspecified atom stereocenters. The van der Waals surface area contributed by atoms with Crippen molar-refractivity contribution in [1.29, 1.82) is 0 Å². The van der Waals surface area contributed by atoms with Crippen molar-refractivity contribution >= 4 is 59.9 Å². The van der Waals surface area contributed by atoms with Gasteiger partial charge in [-0.25, -0.2) is 9.97 Å². The van der Waals surface area contributed by atoms with Gasteiger partial charge in [-0.3, -0.25) is 10.1 Å². The summed E-state index contributed by atoms with van der Waals surface area (Å²) in [6.07, 6.45) is 0.629. The minimum Gasteiger partial charge on any atom is -0.396 e. The summed E-state index contributed by atoms with van der Waals surface area (Å²) < 4.78 is 1.06. The van der Waals surface area contributed by atoms with Crippen LogP contribution in [0.2, 0.25) is 0 Å². The fourth-order valence-electron chi connectivity index (χ4n) is 3.44. The molecule has 0 fully saturated rings. The van der Waals surface area contributed by atoms with Crippen LogP contribution in [0.25, 0.3) is 32.0 Å². The number of benzene rings is 3. The Balaban J connectivity index is 1.48. The van der Waals surface area contributed by atoms with Gasteiger partial charge in [0.1, 0.15) is 0 Å². The highest BCUT2D eigenvalue weighted by Gasteiger charge is 2.09. The molecule has 3 aromatic carbocycles. The van der Waals surface area contributed by atoms with Crippen molar-refractivity contribution in [3.05, 3.63) is 76.3 Å². The first-order chi connectivity index (χ1) is 14.6. The zero-order chi connectivity index (χ0) is 20.7. The monoisotopic (exact) mass is 416 g/mol. The minimum atomic E-state index is -0.401. The van der Waals surface area contributed by atoms with Gasteiger partial charge < -0.3 is 10.4 Å². The number of hydrogen-bond donors (Lipinski definition) is 2. The summed E-state index contributed by atoms with van der Waals surface area (Å²) in [6.45, 7) is 0.127. The Morgan fingerprint density at radius 3 is 2.63 bits per heavy atom. The van der Waals surface area contributed by atoms with Crippen molar-refractivity contribution in [3.8, 4) is 0 Å². The van der Waals surface area contributed by atoms with Crippen molar-refractivity contribution in [2.75, 3.05) is 11.9 Å². The molecule has 0 saturated carbocycles. The van der Waals surface area contributed by atoms with Gasteiger partial charge in [-0.1, -0.05) is 23.5 Å². The standard InChI is InChI=1S/C22H16N4O3S/c27-8-7-13-1-5-19-21(9-13)30-22(25-19)23-16-3-2-14-10-15-11-17(26(28)29)4-6-18(15)24-20(14)12-16/h1-6,9-12,27H,7-8H2,(H,23,25). The molecule has 0 radical (unpaired) electrons. The highest BCUT2D eigenvalue weighted by molar-refractivity contribution is 7.22. The van der Waals surface area contributed by atoms with E-state index < -0.39 is 4.92 Å². The molecule has 2 heterocycles. The molecule has 5 rings (SSSR count). The third-order valence-corrected chi connectivity index (χ3v) is 5.84. The van der Waals surface area contributed by atoms with Crippen LogP contribution in [0.15, 0.2) is 60.7 Å². The molecule has 0 aliphatic rings. The molecule has 30 heavy (non-hydrogen) atoms. The lowest BCUT2D eigenvalue weighted by atomic mass is 10.1. The second-order valence-corrected chi connectivity index (χ2v) is 7.98. The number of nitro groups is 1. The molecular formula is C22H16N4O3S. The number of anilines is 2. The number of fused-ring (bicyclic) bond motifs is 3. The molecule has 2 aromatic heterocycles. The number of nitrogens with one attached hydrogen (secondary N) is 1. The molecule has 148 valence electrons. The molecule has 0 atom stereocenters. The van der Waals surface area contributed by atoms with E-state index in [1.54, 1.807) is 23.5 Å². The minimum absolute atomic E-state index is 0.0555. The lowest BCUT2D eigenvalue weighted by molar-refractivity contribution is -0.384. The number of non-ortho nitro benzene ring substituents is 1. The van der Waals surface area contributed by atoms with Crippen LogP contribution in [-0.2, 0) is 6.42 Å². The number of pyridine rings is 1. The van der Waals surface area contributed by atoms with E-state index in [-0.39, 0.29) is 12.3 Å². The van der Waals surface area contributed by atoms with Gasteiger partial charge in [0.15, 0.2) is 5.13 Å². The van der Waals surface area contributed by atoms with Crippen LogP contribution in [0.5, 0.6) is 0 Å². The maximum Gasteiger partial charge on any atom is 0.270 e. The third kappa shape index (κ3) is 3.42. The number of rotatable bonds is 5. The fraction of sp³-hybridized carbons (Fsp3) is 0.0909. The molecule has 7 nitrogen and oxygen atoms in total. The van der Waals surface area contributed by atoms with Gasteiger partial charge in [0.2, 0.25) is 0 Å². The summed E-state index contributed by atoms with van der Waals surface area (Å²) in [4.78, 5) is 19.9. The second-order valence-electron chi connectivity index (χ2n) is 6.95. The molecule has 0 aliphatic carbocycles. The van der Waals surface area contributed by atoms with Crippen molar-refractivity contribution < 1.29 is 10.0 Å². The van der Waals surface area contributed by atoms with Gasteiger partial charge in [-0.15, -0.1) is 0 Å². The average molecular weight is 416 g/mol. The van der Waals surface area contributed by atoms with Crippen LogP contribution in [-0.4, -0.2) is 26.6 Å². The van der Waals surface area contributed by atoms with Crippen molar-refractivity contribution in [1.82, 2.24) is 9.97 Å². The fourth-order valence-corrected chi connectivity index (χ4v) is 4.39. The average Bonchev–Trinajstić information content (AvgIpc) is 3.13. The molecule has 0 bridgehead atoms. The zero-order valence-corrected chi connectivity index (χ0v) is 16.5. The first kappa shape index (κ1) is 18.4. The summed E-state index contributed by atoms with van der Waals surface area (Å²) in [5.41, 5.74) is 4.43. The Morgan fingerprint density at radius 2 is 1.80 bits per heavy atom. The van der Waals surface area contributed by atoms with Gasteiger partial charge in [-0.2, -0.15) is 0 Å². The molecule has 5 aromatic rings. The van der Waals surface area contributed by atoms with Crippen LogP contribution in [0.3, 0.4) is 0 Å². The number of aliphatic hydroxyl groups is 1. The van der Waals surface area contributed by atoms with Gasteiger partial charge in [0.05, 0.1) is 26.2 Å². The summed E-state index contributed by atoms with van der Waals surface area (Å²) in [7, 11) is 0. The number of aliphatic hydroxyl groups excluding tert-OH is 1. The summed E-state index contributed by atoms with van der Waals surface area (Å²) in [5, 5.41) is 25.9. The molecule has 0 amide bonds. The Hall–Kier alpha value is -3.62. The SMILES string of the molecule is O=[N+]([O-])c1ccc2nc3cc(Nc4nc5ccc(CCO)cc5s4)ccc3cc2c1. The van der Waals surface area contributed by atoms with E-state index in [2.05, 4.69) is 21.4 Å². The van der Waals surface area contributed by atoms with Crippen LogP contribution in [0.1, 0.15) is 5.56 Å². The topological polar surface area (TPSA) is 101 Å². The second kappa shape index (κ2) is 7.33. The Labute approximate surface area is 174 Å². The first-order valence-electron chi connectivity index (χ1n) is 9.35. The Bertz CT molecular complexity index is 1430. The van der Waals surface area contributed by atoms with Crippen LogP contribution >= 0.6 is 11.3 Å². The zero-order valence-electron chi connectivity index (χ0n) is 15.7. The summed E-state index contributed by atoms with van der Waals surface area (Å²) in [5.74, 6) is 0. The first-order valence-corrected chi connectivity index (χ1v) is 10.2. The summed E-state index contributed by atoms with van der Waals surface area (Å²) >= 11 is 1.56. The van der Waals surface area contributed by atoms with Gasteiger partial charge >= 0.3 is 0 Å². The van der Waals surface area contributed by atoms with Gasteiger partial charge in [0.25, 0.3) is 5.69 Å². The van der Waals surface area contributed by atoms with Crippen molar-refractivity contribution in [3.63, 3.8) is 0 Å². The van der Waals surface area contributed by atoms with E-state index in [9.17, 15) is 10.1 Å². The number of aromatic nitrogens is 2.